The highest BCUT2D eigenvalue weighted by Gasteiger charge is 2.16. The second-order valence-electron chi connectivity index (χ2n) is 8.29. The minimum Gasteiger partial charge on any atom is -0.493 e. The van der Waals surface area contributed by atoms with Gasteiger partial charge in [-0.2, -0.15) is 0 Å². The van der Waals surface area contributed by atoms with Gasteiger partial charge in [0.2, 0.25) is 5.91 Å². The highest BCUT2D eigenvalue weighted by molar-refractivity contribution is 7.98. The molecule has 0 saturated heterocycles. The van der Waals surface area contributed by atoms with Gasteiger partial charge in [-0.15, -0.1) is 11.8 Å². The lowest BCUT2D eigenvalue weighted by molar-refractivity contribution is -0.111. The summed E-state index contributed by atoms with van der Waals surface area (Å²) in [4.78, 5) is 13.9. The van der Waals surface area contributed by atoms with Crippen molar-refractivity contribution in [3.05, 3.63) is 83.6 Å². The summed E-state index contributed by atoms with van der Waals surface area (Å²) < 4.78 is 11.8. The van der Waals surface area contributed by atoms with Gasteiger partial charge in [0.1, 0.15) is 11.3 Å². The monoisotopic (exact) mass is 471 g/mol. The topological polar surface area (TPSA) is 51.5 Å². The number of furan rings is 1. The zero-order valence-corrected chi connectivity index (χ0v) is 21.0. The molecule has 174 valence electrons. The standard InChI is InChI=1S/C29H29NO3S/c1-6-32-27-16-28-25(26(17-33-28)23-11-10-18(2)12-19(23)3)15-24(27)20(4)13-29(31)30-21-8-7-9-22(14-21)34-5/h7-17H,6H2,1-5H3,(H,30,31)/b20-13+. The minimum atomic E-state index is -0.180. The minimum absolute atomic E-state index is 0.180. The van der Waals surface area contributed by atoms with Crippen LogP contribution in [0.1, 0.15) is 30.5 Å². The second kappa shape index (κ2) is 10.2. The van der Waals surface area contributed by atoms with E-state index < -0.39 is 0 Å². The zero-order valence-electron chi connectivity index (χ0n) is 20.2. The summed E-state index contributed by atoms with van der Waals surface area (Å²) in [5, 5.41) is 3.95. The lowest BCUT2D eigenvalue weighted by atomic mass is 9.96. The van der Waals surface area contributed by atoms with Crippen molar-refractivity contribution >= 4 is 39.9 Å². The van der Waals surface area contributed by atoms with E-state index in [2.05, 4.69) is 43.4 Å². The Morgan fingerprint density at radius 1 is 1.09 bits per heavy atom. The van der Waals surface area contributed by atoms with Crippen molar-refractivity contribution < 1.29 is 13.9 Å². The molecule has 1 aromatic heterocycles. The molecule has 1 heterocycles. The molecule has 0 radical (unpaired) electrons. The number of carbonyl (C=O) groups is 1. The van der Waals surface area contributed by atoms with Gasteiger partial charge in [0.25, 0.3) is 0 Å². The van der Waals surface area contributed by atoms with E-state index in [1.54, 1.807) is 24.1 Å². The van der Waals surface area contributed by atoms with E-state index in [1.807, 2.05) is 50.4 Å². The van der Waals surface area contributed by atoms with E-state index in [4.69, 9.17) is 9.15 Å². The van der Waals surface area contributed by atoms with Gasteiger partial charge in [0.15, 0.2) is 0 Å². The van der Waals surface area contributed by atoms with Crippen LogP contribution in [0.2, 0.25) is 0 Å². The van der Waals surface area contributed by atoms with Crippen LogP contribution in [-0.2, 0) is 4.79 Å². The summed E-state index contributed by atoms with van der Waals surface area (Å²) in [6, 6.07) is 18.2. The second-order valence-corrected chi connectivity index (χ2v) is 9.17. The first-order valence-corrected chi connectivity index (χ1v) is 12.5. The van der Waals surface area contributed by atoms with Gasteiger partial charge in [0, 0.05) is 39.2 Å². The molecular weight excluding hydrogens is 442 g/mol. The summed E-state index contributed by atoms with van der Waals surface area (Å²) in [5.74, 6) is 0.516. The first-order chi connectivity index (χ1) is 16.4. The number of carbonyl (C=O) groups excluding carboxylic acids is 1. The molecule has 0 unspecified atom stereocenters. The molecule has 0 atom stereocenters. The maximum atomic E-state index is 12.8. The van der Waals surface area contributed by atoms with Gasteiger partial charge >= 0.3 is 0 Å². The molecule has 1 amide bonds. The smallest absolute Gasteiger partial charge is 0.248 e. The van der Waals surface area contributed by atoms with E-state index in [-0.39, 0.29) is 5.91 Å². The number of benzene rings is 3. The van der Waals surface area contributed by atoms with Crippen molar-refractivity contribution in [3.63, 3.8) is 0 Å². The molecule has 0 spiro atoms. The van der Waals surface area contributed by atoms with Crippen LogP contribution >= 0.6 is 11.8 Å². The molecule has 0 saturated carbocycles. The third kappa shape index (κ3) is 5.05. The van der Waals surface area contributed by atoms with Crippen LogP contribution in [0.4, 0.5) is 5.69 Å². The third-order valence-electron chi connectivity index (χ3n) is 5.76. The van der Waals surface area contributed by atoms with Gasteiger partial charge in [-0.05, 0) is 74.9 Å². The molecule has 4 aromatic rings. The number of fused-ring (bicyclic) bond motifs is 1. The molecule has 0 fully saturated rings. The predicted molar refractivity (Wildman–Crippen MR) is 143 cm³/mol. The van der Waals surface area contributed by atoms with E-state index >= 15 is 0 Å². The predicted octanol–water partition coefficient (Wildman–Crippen LogP) is 7.88. The highest BCUT2D eigenvalue weighted by Crippen LogP contribution is 2.38. The van der Waals surface area contributed by atoms with Crippen molar-refractivity contribution in [2.45, 2.75) is 32.6 Å². The van der Waals surface area contributed by atoms with Crippen molar-refractivity contribution in [3.8, 4) is 16.9 Å². The van der Waals surface area contributed by atoms with Crippen molar-refractivity contribution in [2.75, 3.05) is 18.2 Å². The fraction of sp³-hybridized carbons (Fsp3) is 0.207. The Morgan fingerprint density at radius 2 is 1.91 bits per heavy atom. The van der Waals surface area contributed by atoms with E-state index in [1.165, 1.54) is 11.1 Å². The van der Waals surface area contributed by atoms with Gasteiger partial charge in [-0.25, -0.2) is 0 Å². The summed E-state index contributed by atoms with van der Waals surface area (Å²) in [6.45, 7) is 8.59. The average Bonchev–Trinajstić information content (AvgIpc) is 3.21. The summed E-state index contributed by atoms with van der Waals surface area (Å²) >= 11 is 1.64. The zero-order chi connectivity index (χ0) is 24.2. The van der Waals surface area contributed by atoms with Crippen LogP contribution in [0, 0.1) is 13.8 Å². The number of thioether (sulfide) groups is 1. The van der Waals surface area contributed by atoms with Crippen molar-refractivity contribution in [2.24, 2.45) is 0 Å². The molecule has 34 heavy (non-hydrogen) atoms. The largest absolute Gasteiger partial charge is 0.493 e. The maximum Gasteiger partial charge on any atom is 0.248 e. The first-order valence-electron chi connectivity index (χ1n) is 11.3. The van der Waals surface area contributed by atoms with Crippen LogP contribution in [0.5, 0.6) is 5.75 Å². The summed E-state index contributed by atoms with van der Waals surface area (Å²) in [6.07, 6.45) is 5.43. The van der Waals surface area contributed by atoms with Crippen LogP contribution < -0.4 is 10.1 Å². The molecule has 0 aliphatic heterocycles. The Hall–Kier alpha value is -3.44. The van der Waals surface area contributed by atoms with Crippen LogP contribution in [-0.4, -0.2) is 18.8 Å². The summed E-state index contributed by atoms with van der Waals surface area (Å²) in [5.41, 5.74) is 7.79. The van der Waals surface area contributed by atoms with Gasteiger partial charge in [-0.3, -0.25) is 4.79 Å². The normalized spacial score (nSPS) is 11.6. The SMILES string of the molecule is CCOc1cc2occ(-c3ccc(C)cc3C)c2cc1/C(C)=C/C(=O)Nc1cccc(SC)c1. The molecule has 4 nitrogen and oxygen atoms in total. The van der Waals surface area contributed by atoms with E-state index in [0.717, 1.165) is 43.8 Å². The Kier molecular flexibility index (Phi) is 7.13. The number of rotatable bonds is 7. The maximum absolute atomic E-state index is 12.8. The third-order valence-corrected chi connectivity index (χ3v) is 6.48. The molecule has 1 N–H and O–H groups in total. The Bertz CT molecular complexity index is 1380. The van der Waals surface area contributed by atoms with Crippen LogP contribution in [0.25, 0.3) is 27.7 Å². The number of hydrogen-bond acceptors (Lipinski definition) is 4. The van der Waals surface area contributed by atoms with E-state index in [0.29, 0.717) is 12.4 Å². The lowest BCUT2D eigenvalue weighted by Gasteiger charge is -2.12. The average molecular weight is 472 g/mol. The number of ether oxygens (including phenoxy) is 1. The fourth-order valence-electron chi connectivity index (χ4n) is 4.12. The molecule has 0 bridgehead atoms. The Labute approximate surface area is 205 Å². The quantitative estimate of drug-likeness (QED) is 0.220. The van der Waals surface area contributed by atoms with Crippen LogP contribution in [0.3, 0.4) is 0 Å². The van der Waals surface area contributed by atoms with Crippen LogP contribution in [0.15, 0.2) is 76.2 Å². The highest BCUT2D eigenvalue weighted by atomic mass is 32.2. The number of aryl methyl sites for hydroxylation is 2. The first kappa shape index (κ1) is 23.7. The van der Waals surface area contributed by atoms with Gasteiger partial charge < -0.3 is 14.5 Å². The summed E-state index contributed by atoms with van der Waals surface area (Å²) in [7, 11) is 0. The number of nitrogens with one attached hydrogen (secondary N) is 1. The van der Waals surface area contributed by atoms with Crippen molar-refractivity contribution in [1.82, 2.24) is 0 Å². The van der Waals surface area contributed by atoms with Gasteiger partial charge in [0.05, 0.1) is 12.9 Å². The molecule has 0 aliphatic rings. The molecule has 0 aliphatic carbocycles. The van der Waals surface area contributed by atoms with Crippen molar-refractivity contribution in [1.29, 1.82) is 0 Å². The number of allylic oxidation sites excluding steroid dienone is 1. The number of anilines is 1. The molecular formula is C29H29NO3S. The Balaban J connectivity index is 1.73. The molecule has 5 heteroatoms. The van der Waals surface area contributed by atoms with Gasteiger partial charge in [-0.1, -0.05) is 29.8 Å². The molecule has 3 aromatic carbocycles. The fourth-order valence-corrected chi connectivity index (χ4v) is 4.58. The Morgan fingerprint density at radius 3 is 2.65 bits per heavy atom. The number of hydrogen-bond donors (Lipinski definition) is 1. The van der Waals surface area contributed by atoms with E-state index in [9.17, 15) is 4.79 Å². The number of amides is 1. The lowest BCUT2D eigenvalue weighted by Crippen LogP contribution is -2.08. The molecule has 4 rings (SSSR count).